The molecule has 11 aromatic carbocycles. The highest BCUT2D eigenvalue weighted by Gasteiger charge is 2.20. The molecular formula is C74H60N2. The molecule has 0 radical (unpaired) electrons. The van der Waals surface area contributed by atoms with Crippen LogP contribution < -0.4 is 10.2 Å². The highest BCUT2D eigenvalue weighted by atomic mass is 15.1. The van der Waals surface area contributed by atoms with E-state index in [0.29, 0.717) is 5.92 Å². The minimum atomic E-state index is 0.321. The Morgan fingerprint density at radius 1 is 0.434 bits per heavy atom. The fourth-order valence-electron chi connectivity index (χ4n) is 10.4. The highest BCUT2D eigenvalue weighted by molar-refractivity contribution is 5.93. The molecule has 1 aliphatic carbocycles. The van der Waals surface area contributed by atoms with Crippen LogP contribution in [0.4, 0.5) is 22.7 Å². The van der Waals surface area contributed by atoms with Crippen molar-refractivity contribution in [1.29, 1.82) is 0 Å². The third-order valence-corrected chi connectivity index (χ3v) is 14.3. The van der Waals surface area contributed by atoms with Gasteiger partial charge >= 0.3 is 0 Å². The standard InChI is InChI=1S/C69H52N2.C5H8/c1-4-18-50(19-5-1)62-37-38-69(68(47-62)53-22-6-2-7-23-53)71(66-30-8-3-9-31-66)67-32-16-29-59(46-67)58-28-15-27-57(42-58)54-26-14-17-49(39-54)48-70-65-44-63(60-35-33-51-20-10-12-24-55(51)40-60)43-64(45-65)61-36-34-52-21-11-13-25-56(52)41-61;1-3-5-4-2/h1-38,40-47,49,70H,39,48H2;3-5H,1H2,2H3/b;5-4-. The normalized spacial score (nSPS) is 13.0. The number of fused-ring (bicyclic) bond motifs is 2. The van der Waals surface area contributed by atoms with Gasteiger partial charge in [0, 0.05) is 29.2 Å². The molecule has 0 amide bonds. The second-order valence-corrected chi connectivity index (χ2v) is 19.4. The van der Waals surface area contributed by atoms with Crippen LogP contribution >= 0.6 is 0 Å². The van der Waals surface area contributed by atoms with Gasteiger partial charge in [-0.3, -0.25) is 0 Å². The van der Waals surface area contributed by atoms with E-state index < -0.39 is 0 Å². The summed E-state index contributed by atoms with van der Waals surface area (Å²) in [6.45, 7) is 6.24. The van der Waals surface area contributed by atoms with Gasteiger partial charge in [-0.25, -0.2) is 0 Å². The van der Waals surface area contributed by atoms with Crippen LogP contribution in [0.2, 0.25) is 0 Å². The fraction of sp³-hybridized carbons (Fsp3) is 0.0541. The van der Waals surface area contributed by atoms with Crippen LogP contribution in [0.25, 0.3) is 82.8 Å². The molecule has 0 bridgehead atoms. The molecule has 1 N–H and O–H groups in total. The molecular weight excluding hydrogens is 917 g/mol. The second-order valence-electron chi connectivity index (χ2n) is 19.4. The van der Waals surface area contributed by atoms with Gasteiger partial charge in [-0.2, -0.15) is 0 Å². The zero-order valence-electron chi connectivity index (χ0n) is 42.9. The van der Waals surface area contributed by atoms with Gasteiger partial charge in [0.25, 0.3) is 0 Å². The molecule has 0 aliphatic heterocycles. The number of rotatable bonds is 13. The quantitative estimate of drug-likeness (QED) is 0.116. The molecule has 11 aromatic rings. The van der Waals surface area contributed by atoms with Crippen molar-refractivity contribution in [2.45, 2.75) is 13.3 Å². The smallest absolute Gasteiger partial charge is 0.0540 e. The Labute approximate surface area is 448 Å². The number of hydrogen-bond acceptors (Lipinski definition) is 2. The maximum absolute atomic E-state index is 3.90. The molecule has 12 rings (SSSR count). The maximum Gasteiger partial charge on any atom is 0.0540 e. The summed E-state index contributed by atoms with van der Waals surface area (Å²) in [6.07, 6.45) is 13.4. The third kappa shape index (κ3) is 11.2. The van der Waals surface area contributed by atoms with Crippen LogP contribution in [0.3, 0.4) is 0 Å². The van der Waals surface area contributed by atoms with Gasteiger partial charge in [0.2, 0.25) is 0 Å². The van der Waals surface area contributed by atoms with Gasteiger partial charge in [-0.15, -0.1) is 0 Å². The molecule has 2 heteroatoms. The lowest BCUT2D eigenvalue weighted by Gasteiger charge is -2.29. The average Bonchev–Trinajstić information content (AvgIpc) is 3.50. The molecule has 0 fully saturated rings. The predicted octanol–water partition coefficient (Wildman–Crippen LogP) is 20.6. The summed E-state index contributed by atoms with van der Waals surface area (Å²) in [7, 11) is 0. The van der Waals surface area contributed by atoms with Crippen LogP contribution in [0.1, 0.15) is 18.9 Å². The Morgan fingerprint density at radius 2 is 0.934 bits per heavy atom. The molecule has 1 aliphatic rings. The van der Waals surface area contributed by atoms with E-state index >= 15 is 0 Å². The minimum absolute atomic E-state index is 0.321. The third-order valence-electron chi connectivity index (χ3n) is 14.3. The van der Waals surface area contributed by atoms with E-state index in [1.54, 1.807) is 6.08 Å². The summed E-state index contributed by atoms with van der Waals surface area (Å²) >= 11 is 0. The van der Waals surface area contributed by atoms with Gasteiger partial charge in [0.05, 0.1) is 5.69 Å². The first-order valence-electron chi connectivity index (χ1n) is 26.4. The summed E-state index contributed by atoms with van der Waals surface area (Å²) in [6, 6.07) is 94.9. The van der Waals surface area contributed by atoms with E-state index in [0.717, 1.165) is 35.7 Å². The zero-order chi connectivity index (χ0) is 51.5. The van der Waals surface area contributed by atoms with E-state index in [-0.39, 0.29) is 0 Å². The molecule has 1 atom stereocenters. The number of nitrogens with zero attached hydrogens (tertiary/aromatic N) is 1. The Hall–Kier alpha value is -9.50. The lowest BCUT2D eigenvalue weighted by Crippen LogP contribution is -2.14. The topological polar surface area (TPSA) is 15.3 Å². The molecule has 2 nitrogen and oxygen atoms in total. The molecule has 366 valence electrons. The van der Waals surface area contributed by atoms with Crippen molar-refractivity contribution in [3.05, 3.63) is 309 Å². The van der Waals surface area contributed by atoms with Crippen LogP contribution in [0, 0.1) is 5.92 Å². The Kier molecular flexibility index (Phi) is 14.8. The zero-order valence-corrected chi connectivity index (χ0v) is 42.9. The fourth-order valence-corrected chi connectivity index (χ4v) is 10.4. The summed E-state index contributed by atoms with van der Waals surface area (Å²) < 4.78 is 0. The van der Waals surface area contributed by atoms with Gasteiger partial charge < -0.3 is 10.2 Å². The lowest BCUT2D eigenvalue weighted by molar-refractivity contribution is 0.703. The van der Waals surface area contributed by atoms with Gasteiger partial charge in [0.1, 0.15) is 0 Å². The van der Waals surface area contributed by atoms with Crippen molar-refractivity contribution in [1.82, 2.24) is 0 Å². The first-order valence-corrected chi connectivity index (χ1v) is 26.4. The molecule has 1 unspecified atom stereocenters. The first-order chi connectivity index (χ1) is 37.6. The lowest BCUT2D eigenvalue weighted by atomic mass is 9.88. The molecule has 0 heterocycles. The number of benzene rings is 11. The molecule has 0 saturated heterocycles. The largest absolute Gasteiger partial charge is 0.384 e. The Bertz CT molecular complexity index is 3790. The summed E-state index contributed by atoms with van der Waals surface area (Å²) in [5.74, 6) is 0.321. The number of anilines is 4. The summed E-state index contributed by atoms with van der Waals surface area (Å²) in [5.41, 5.74) is 19.0. The molecule has 0 spiro atoms. The molecule has 0 saturated carbocycles. The summed E-state index contributed by atoms with van der Waals surface area (Å²) in [4.78, 5) is 2.40. The van der Waals surface area contributed by atoms with Gasteiger partial charge in [-0.05, 0) is 175 Å². The maximum atomic E-state index is 3.90. The van der Waals surface area contributed by atoms with E-state index in [9.17, 15) is 0 Å². The van der Waals surface area contributed by atoms with E-state index in [1.165, 1.54) is 88.3 Å². The second kappa shape index (κ2) is 23.1. The summed E-state index contributed by atoms with van der Waals surface area (Å²) in [5, 5.41) is 8.90. The molecule has 0 aromatic heterocycles. The van der Waals surface area contributed by atoms with E-state index in [2.05, 4.69) is 296 Å². The van der Waals surface area contributed by atoms with Gasteiger partial charge in [0.15, 0.2) is 0 Å². The van der Waals surface area contributed by atoms with Crippen LogP contribution in [0.15, 0.2) is 304 Å². The van der Waals surface area contributed by atoms with Gasteiger partial charge in [-0.1, -0.05) is 231 Å². The number of hydrogen-bond donors (Lipinski definition) is 1. The molecule has 76 heavy (non-hydrogen) atoms. The van der Waals surface area contributed by atoms with E-state index in [1.807, 2.05) is 19.1 Å². The predicted molar refractivity (Wildman–Crippen MR) is 328 cm³/mol. The Balaban J connectivity index is 0.00000118. The van der Waals surface area contributed by atoms with Crippen molar-refractivity contribution in [2.24, 2.45) is 5.92 Å². The van der Waals surface area contributed by atoms with Crippen LogP contribution in [-0.2, 0) is 0 Å². The number of nitrogens with one attached hydrogen (secondary N) is 1. The monoisotopic (exact) mass is 976 g/mol. The highest BCUT2D eigenvalue weighted by Crippen LogP contribution is 2.44. The minimum Gasteiger partial charge on any atom is -0.384 e. The van der Waals surface area contributed by atoms with Crippen molar-refractivity contribution in [2.75, 3.05) is 16.8 Å². The van der Waals surface area contributed by atoms with Crippen molar-refractivity contribution in [3.63, 3.8) is 0 Å². The van der Waals surface area contributed by atoms with Crippen molar-refractivity contribution < 1.29 is 0 Å². The Morgan fingerprint density at radius 3 is 1.57 bits per heavy atom. The van der Waals surface area contributed by atoms with Crippen LogP contribution in [-0.4, -0.2) is 6.54 Å². The van der Waals surface area contributed by atoms with Crippen molar-refractivity contribution >= 4 is 49.9 Å². The van der Waals surface area contributed by atoms with Crippen molar-refractivity contribution in [3.8, 4) is 55.6 Å². The van der Waals surface area contributed by atoms with Crippen LogP contribution in [0.5, 0.6) is 0 Å². The first kappa shape index (κ1) is 48.8. The SMILES string of the molecule is C1=CC(CNc2cc(-c3ccc4ccccc4c3)cc(-c3ccc4ccccc4c3)c2)CC(c2cccc(-c3cccc(N(c4ccccc4)c4ccc(-c5ccccc5)cc4-c4ccccc4)c3)c2)=C1.C=C/C=C\C. The average molecular weight is 977 g/mol. The number of allylic oxidation sites excluding steroid dienone is 6. The van der Waals surface area contributed by atoms with E-state index in [4.69, 9.17) is 0 Å². The number of para-hydroxylation sites is 1.